The van der Waals surface area contributed by atoms with E-state index in [1.807, 2.05) is 6.92 Å². The summed E-state index contributed by atoms with van der Waals surface area (Å²) in [7, 11) is 0. The van der Waals surface area contributed by atoms with Gasteiger partial charge >= 0.3 is 0 Å². The second-order valence-corrected chi connectivity index (χ2v) is 2.86. The normalized spacial score (nSPS) is 18.8. The van der Waals surface area contributed by atoms with E-state index in [0.29, 0.717) is 6.04 Å². The van der Waals surface area contributed by atoms with Crippen molar-refractivity contribution in [3.8, 4) is 0 Å². The molecule has 2 heteroatoms. The van der Waals surface area contributed by atoms with Crippen LogP contribution in [0.4, 0.5) is 0 Å². The van der Waals surface area contributed by atoms with Gasteiger partial charge in [0, 0.05) is 11.7 Å². The molecule has 56 valence electrons. The summed E-state index contributed by atoms with van der Waals surface area (Å²) in [5.74, 6) is 0.116. The summed E-state index contributed by atoms with van der Waals surface area (Å²) in [6.45, 7) is 3.50. The summed E-state index contributed by atoms with van der Waals surface area (Å²) >= 11 is 0. The van der Waals surface area contributed by atoms with E-state index in [9.17, 15) is 4.79 Å². The highest BCUT2D eigenvalue weighted by molar-refractivity contribution is 5.87. The SMILES string of the molecule is CC(=O)C=C(C)NC1CC1. The number of hydrogen-bond donors (Lipinski definition) is 1. The molecule has 0 aromatic carbocycles. The van der Waals surface area contributed by atoms with Crippen LogP contribution in [0.25, 0.3) is 0 Å². The van der Waals surface area contributed by atoms with Gasteiger partial charge in [-0.05, 0) is 32.8 Å². The van der Waals surface area contributed by atoms with E-state index in [4.69, 9.17) is 0 Å². The van der Waals surface area contributed by atoms with Crippen LogP contribution in [0.15, 0.2) is 11.8 Å². The molecular formula is C8H13NO. The molecule has 0 atom stereocenters. The molecule has 0 aromatic heterocycles. The summed E-state index contributed by atoms with van der Waals surface area (Å²) in [5, 5.41) is 3.23. The Morgan fingerprint density at radius 2 is 2.10 bits per heavy atom. The first-order valence-electron chi connectivity index (χ1n) is 3.64. The Balaban J connectivity index is 2.30. The van der Waals surface area contributed by atoms with Gasteiger partial charge in [0.25, 0.3) is 0 Å². The maximum absolute atomic E-state index is 10.5. The first kappa shape index (κ1) is 7.32. The standard InChI is InChI=1S/C8H13NO/c1-6(5-7(2)10)9-8-3-4-8/h5,8-9H,3-4H2,1-2H3. The molecule has 0 aliphatic heterocycles. The molecule has 1 aliphatic carbocycles. The van der Waals surface area contributed by atoms with Crippen molar-refractivity contribution >= 4 is 5.78 Å². The van der Waals surface area contributed by atoms with Gasteiger partial charge in [0.05, 0.1) is 0 Å². The van der Waals surface area contributed by atoms with Gasteiger partial charge in [0.2, 0.25) is 0 Å². The molecule has 2 nitrogen and oxygen atoms in total. The highest BCUT2D eigenvalue weighted by Gasteiger charge is 2.20. The second-order valence-electron chi connectivity index (χ2n) is 2.86. The van der Waals surface area contributed by atoms with Gasteiger partial charge in [-0.25, -0.2) is 0 Å². The van der Waals surface area contributed by atoms with Gasteiger partial charge in [0.1, 0.15) is 0 Å². The topological polar surface area (TPSA) is 29.1 Å². The molecular weight excluding hydrogens is 126 g/mol. The number of allylic oxidation sites excluding steroid dienone is 2. The molecule has 1 rings (SSSR count). The average molecular weight is 139 g/mol. The number of carbonyl (C=O) groups excluding carboxylic acids is 1. The molecule has 0 heterocycles. The van der Waals surface area contributed by atoms with Crippen molar-refractivity contribution in [1.29, 1.82) is 0 Å². The molecule has 0 unspecified atom stereocenters. The van der Waals surface area contributed by atoms with Crippen LogP contribution in [-0.2, 0) is 4.79 Å². The highest BCUT2D eigenvalue weighted by Crippen LogP contribution is 2.19. The van der Waals surface area contributed by atoms with Crippen molar-refractivity contribution in [2.24, 2.45) is 0 Å². The van der Waals surface area contributed by atoms with E-state index in [1.54, 1.807) is 13.0 Å². The third-order valence-corrected chi connectivity index (χ3v) is 1.43. The van der Waals surface area contributed by atoms with Gasteiger partial charge in [-0.3, -0.25) is 4.79 Å². The van der Waals surface area contributed by atoms with Crippen LogP contribution in [0.3, 0.4) is 0 Å². The fourth-order valence-electron chi connectivity index (χ4n) is 0.896. The molecule has 0 bridgehead atoms. The van der Waals surface area contributed by atoms with Crippen LogP contribution >= 0.6 is 0 Å². The fraction of sp³-hybridized carbons (Fsp3) is 0.625. The van der Waals surface area contributed by atoms with Gasteiger partial charge < -0.3 is 5.32 Å². The maximum atomic E-state index is 10.5. The van der Waals surface area contributed by atoms with Crippen molar-refractivity contribution < 1.29 is 4.79 Å². The molecule has 10 heavy (non-hydrogen) atoms. The summed E-state index contributed by atoms with van der Waals surface area (Å²) in [4.78, 5) is 10.5. The average Bonchev–Trinajstić information content (AvgIpc) is 2.46. The number of carbonyl (C=O) groups is 1. The van der Waals surface area contributed by atoms with Crippen LogP contribution in [0.5, 0.6) is 0 Å². The number of ketones is 1. The van der Waals surface area contributed by atoms with Gasteiger partial charge in [-0.2, -0.15) is 0 Å². The zero-order valence-corrected chi connectivity index (χ0v) is 6.48. The molecule has 1 saturated carbocycles. The van der Waals surface area contributed by atoms with Gasteiger partial charge in [-0.1, -0.05) is 0 Å². The van der Waals surface area contributed by atoms with Crippen LogP contribution in [0.2, 0.25) is 0 Å². The summed E-state index contributed by atoms with van der Waals surface area (Å²) in [6, 6.07) is 0.649. The van der Waals surface area contributed by atoms with Gasteiger partial charge in [-0.15, -0.1) is 0 Å². The summed E-state index contributed by atoms with van der Waals surface area (Å²) in [6.07, 6.45) is 4.14. The third kappa shape index (κ3) is 2.67. The van der Waals surface area contributed by atoms with Crippen molar-refractivity contribution in [2.75, 3.05) is 0 Å². The number of nitrogens with one attached hydrogen (secondary N) is 1. The van der Waals surface area contributed by atoms with E-state index < -0.39 is 0 Å². The van der Waals surface area contributed by atoms with Crippen LogP contribution in [0, 0.1) is 0 Å². The van der Waals surface area contributed by atoms with Crippen molar-refractivity contribution in [3.05, 3.63) is 11.8 Å². The van der Waals surface area contributed by atoms with E-state index in [0.717, 1.165) is 5.70 Å². The quantitative estimate of drug-likeness (QED) is 0.596. The largest absolute Gasteiger partial charge is 0.386 e. The zero-order chi connectivity index (χ0) is 7.56. The number of rotatable bonds is 3. The van der Waals surface area contributed by atoms with Crippen molar-refractivity contribution in [1.82, 2.24) is 5.32 Å². The molecule has 1 aliphatic rings. The minimum absolute atomic E-state index is 0.116. The van der Waals surface area contributed by atoms with E-state index in [1.165, 1.54) is 12.8 Å². The van der Waals surface area contributed by atoms with E-state index >= 15 is 0 Å². The van der Waals surface area contributed by atoms with Gasteiger partial charge in [0.15, 0.2) is 5.78 Å². The Kier molecular flexibility index (Phi) is 2.10. The molecule has 0 saturated heterocycles. The zero-order valence-electron chi connectivity index (χ0n) is 6.48. The molecule has 0 radical (unpaired) electrons. The first-order chi connectivity index (χ1) is 4.68. The van der Waals surface area contributed by atoms with Crippen molar-refractivity contribution in [2.45, 2.75) is 32.7 Å². The Hall–Kier alpha value is -0.790. The Labute approximate surface area is 61.3 Å². The molecule has 0 aromatic rings. The lowest BCUT2D eigenvalue weighted by atomic mass is 10.3. The van der Waals surface area contributed by atoms with E-state index in [2.05, 4.69) is 5.32 Å². The predicted octanol–water partition coefficient (Wildman–Crippen LogP) is 1.23. The maximum Gasteiger partial charge on any atom is 0.154 e. The highest BCUT2D eigenvalue weighted by atomic mass is 16.1. The summed E-state index contributed by atoms with van der Waals surface area (Å²) < 4.78 is 0. The first-order valence-corrected chi connectivity index (χ1v) is 3.64. The number of hydrogen-bond acceptors (Lipinski definition) is 2. The van der Waals surface area contributed by atoms with Crippen LogP contribution < -0.4 is 5.32 Å². The third-order valence-electron chi connectivity index (χ3n) is 1.43. The minimum atomic E-state index is 0.116. The Morgan fingerprint density at radius 1 is 1.50 bits per heavy atom. The van der Waals surface area contributed by atoms with Crippen molar-refractivity contribution in [3.63, 3.8) is 0 Å². The second kappa shape index (κ2) is 2.86. The summed E-state index contributed by atoms with van der Waals surface area (Å²) in [5.41, 5.74) is 0.995. The fourth-order valence-corrected chi connectivity index (χ4v) is 0.896. The Morgan fingerprint density at radius 3 is 2.50 bits per heavy atom. The monoisotopic (exact) mass is 139 g/mol. The van der Waals surface area contributed by atoms with E-state index in [-0.39, 0.29) is 5.78 Å². The predicted molar refractivity (Wildman–Crippen MR) is 40.6 cm³/mol. The smallest absolute Gasteiger partial charge is 0.154 e. The lowest BCUT2D eigenvalue weighted by Crippen LogP contribution is -2.13. The van der Waals surface area contributed by atoms with Crippen LogP contribution in [0.1, 0.15) is 26.7 Å². The lowest BCUT2D eigenvalue weighted by molar-refractivity contribution is -0.112. The molecule has 0 spiro atoms. The lowest BCUT2D eigenvalue weighted by Gasteiger charge is -2.01. The minimum Gasteiger partial charge on any atom is -0.386 e. The Bertz CT molecular complexity index is 168. The molecule has 1 fully saturated rings. The molecule has 1 N–H and O–H groups in total. The molecule has 0 amide bonds. The van der Waals surface area contributed by atoms with Crippen LogP contribution in [-0.4, -0.2) is 11.8 Å².